The number of hydrogen-bond donors (Lipinski definition) is 2. The lowest BCUT2D eigenvalue weighted by molar-refractivity contribution is -0.133. The first-order chi connectivity index (χ1) is 10.1. The predicted octanol–water partition coefficient (Wildman–Crippen LogP) is 0.711. The highest BCUT2D eigenvalue weighted by atomic mass is 35.5. The summed E-state index contributed by atoms with van der Waals surface area (Å²) in [6.07, 6.45) is 0.130. The zero-order valence-electron chi connectivity index (χ0n) is 11.8. The predicted molar refractivity (Wildman–Crippen MR) is 82.7 cm³/mol. The lowest BCUT2D eigenvalue weighted by atomic mass is 10.1. The molecule has 0 bridgehead atoms. The topological polar surface area (TPSA) is 55.8 Å². The van der Waals surface area contributed by atoms with Crippen molar-refractivity contribution in [3.8, 4) is 0 Å². The van der Waals surface area contributed by atoms with Gasteiger partial charge in [0.05, 0.1) is 12.1 Å². The third-order valence-electron chi connectivity index (χ3n) is 4.19. The van der Waals surface area contributed by atoms with E-state index < -0.39 is 6.10 Å². The van der Waals surface area contributed by atoms with Gasteiger partial charge in [0, 0.05) is 43.4 Å². The van der Waals surface area contributed by atoms with Crippen LogP contribution in [0.15, 0.2) is 24.3 Å². The molecule has 1 aromatic rings. The van der Waals surface area contributed by atoms with Gasteiger partial charge in [0.25, 0.3) is 0 Å². The van der Waals surface area contributed by atoms with Crippen molar-refractivity contribution in [3.63, 3.8) is 0 Å². The van der Waals surface area contributed by atoms with Gasteiger partial charge in [-0.2, -0.15) is 0 Å². The second kappa shape index (κ2) is 6.22. The molecule has 2 atom stereocenters. The minimum Gasteiger partial charge on any atom is -0.392 e. The lowest BCUT2D eigenvalue weighted by Crippen LogP contribution is -2.53. The Morgan fingerprint density at radius 3 is 2.43 bits per heavy atom. The summed E-state index contributed by atoms with van der Waals surface area (Å²) >= 11 is 5.90. The van der Waals surface area contributed by atoms with Gasteiger partial charge in [0.2, 0.25) is 5.91 Å². The molecule has 114 valence electrons. The standard InChI is InChI=1S/C15H20ClN3O2/c16-11-1-3-12(4-2-11)18-5-7-19(8-6-18)15(21)14-9-13(20)10-17-14/h1-4,13-14,17,20H,5-10H2/t13-,14+/m1/s1. The summed E-state index contributed by atoms with van der Waals surface area (Å²) in [6.45, 7) is 3.60. The SMILES string of the molecule is O=C([C@@H]1C[C@@H](O)CN1)N1CCN(c2ccc(Cl)cc2)CC1. The third-order valence-corrected chi connectivity index (χ3v) is 4.44. The van der Waals surface area contributed by atoms with Crippen LogP contribution in [-0.2, 0) is 4.79 Å². The molecule has 0 aliphatic carbocycles. The van der Waals surface area contributed by atoms with Gasteiger partial charge < -0.3 is 20.2 Å². The number of nitrogens with one attached hydrogen (secondary N) is 1. The molecule has 2 heterocycles. The van der Waals surface area contributed by atoms with Crippen molar-refractivity contribution in [2.45, 2.75) is 18.6 Å². The van der Waals surface area contributed by atoms with E-state index in [0.717, 1.165) is 36.9 Å². The number of rotatable bonds is 2. The summed E-state index contributed by atoms with van der Waals surface area (Å²) in [5, 5.41) is 13.3. The fourth-order valence-electron chi connectivity index (χ4n) is 2.96. The Labute approximate surface area is 129 Å². The van der Waals surface area contributed by atoms with Crippen LogP contribution in [0.5, 0.6) is 0 Å². The average Bonchev–Trinajstić information content (AvgIpc) is 2.94. The minimum atomic E-state index is -0.394. The molecule has 0 unspecified atom stereocenters. The van der Waals surface area contributed by atoms with E-state index in [4.69, 9.17) is 11.6 Å². The number of aliphatic hydroxyl groups excluding tert-OH is 1. The molecule has 2 N–H and O–H groups in total. The molecule has 21 heavy (non-hydrogen) atoms. The minimum absolute atomic E-state index is 0.113. The van der Waals surface area contributed by atoms with Gasteiger partial charge in [-0.25, -0.2) is 0 Å². The molecular weight excluding hydrogens is 290 g/mol. The summed E-state index contributed by atoms with van der Waals surface area (Å²) in [7, 11) is 0. The molecule has 2 fully saturated rings. The van der Waals surface area contributed by atoms with Crippen LogP contribution in [-0.4, -0.2) is 60.8 Å². The fourth-order valence-corrected chi connectivity index (χ4v) is 3.09. The van der Waals surface area contributed by atoms with Gasteiger partial charge >= 0.3 is 0 Å². The number of hydrogen-bond acceptors (Lipinski definition) is 4. The van der Waals surface area contributed by atoms with Crippen LogP contribution in [0.25, 0.3) is 0 Å². The second-order valence-electron chi connectivity index (χ2n) is 5.64. The molecular formula is C15H20ClN3O2. The Balaban J connectivity index is 1.55. The molecule has 0 aromatic heterocycles. The quantitative estimate of drug-likeness (QED) is 0.845. The molecule has 0 radical (unpaired) electrons. The van der Waals surface area contributed by atoms with Gasteiger partial charge in [-0.15, -0.1) is 0 Å². The summed E-state index contributed by atoms with van der Waals surface area (Å²) in [5.41, 5.74) is 1.14. The molecule has 6 heteroatoms. The number of amides is 1. The average molecular weight is 310 g/mol. The maximum absolute atomic E-state index is 12.4. The molecule has 5 nitrogen and oxygen atoms in total. The van der Waals surface area contributed by atoms with Crippen molar-refractivity contribution in [3.05, 3.63) is 29.3 Å². The normalized spacial score (nSPS) is 26.2. The molecule has 2 aliphatic heterocycles. The third kappa shape index (κ3) is 3.31. The van der Waals surface area contributed by atoms with Crippen LogP contribution >= 0.6 is 11.6 Å². The van der Waals surface area contributed by atoms with E-state index in [1.165, 1.54) is 0 Å². The summed E-state index contributed by atoms with van der Waals surface area (Å²) in [6, 6.07) is 7.57. The first-order valence-corrected chi connectivity index (χ1v) is 7.72. The Hall–Kier alpha value is -1.30. The fraction of sp³-hybridized carbons (Fsp3) is 0.533. The van der Waals surface area contributed by atoms with Crippen molar-refractivity contribution >= 4 is 23.2 Å². The van der Waals surface area contributed by atoms with Crippen LogP contribution < -0.4 is 10.2 Å². The number of piperazine rings is 1. The van der Waals surface area contributed by atoms with Crippen molar-refractivity contribution in [1.82, 2.24) is 10.2 Å². The Bertz CT molecular complexity index is 500. The van der Waals surface area contributed by atoms with Gasteiger partial charge in [-0.3, -0.25) is 4.79 Å². The zero-order chi connectivity index (χ0) is 14.8. The van der Waals surface area contributed by atoms with Crippen molar-refractivity contribution in [2.24, 2.45) is 0 Å². The summed E-state index contributed by atoms with van der Waals surface area (Å²) < 4.78 is 0. The molecule has 1 aromatic carbocycles. The van der Waals surface area contributed by atoms with E-state index in [9.17, 15) is 9.90 Å². The largest absolute Gasteiger partial charge is 0.392 e. The van der Waals surface area contributed by atoms with Crippen LogP contribution in [0.4, 0.5) is 5.69 Å². The lowest BCUT2D eigenvalue weighted by Gasteiger charge is -2.37. The molecule has 2 aliphatic rings. The molecule has 3 rings (SSSR count). The number of halogens is 1. The summed E-state index contributed by atoms with van der Waals surface area (Å²) in [4.78, 5) is 16.5. The van der Waals surface area contributed by atoms with Gasteiger partial charge in [0.15, 0.2) is 0 Å². The van der Waals surface area contributed by atoms with E-state index in [1.54, 1.807) is 0 Å². The maximum atomic E-state index is 12.4. The molecule has 0 saturated carbocycles. The van der Waals surface area contributed by atoms with E-state index >= 15 is 0 Å². The smallest absolute Gasteiger partial charge is 0.239 e. The first kappa shape index (κ1) is 14.6. The van der Waals surface area contributed by atoms with Gasteiger partial charge in [-0.05, 0) is 30.7 Å². The number of anilines is 1. The van der Waals surface area contributed by atoms with Crippen LogP contribution in [0.1, 0.15) is 6.42 Å². The van der Waals surface area contributed by atoms with Gasteiger partial charge in [-0.1, -0.05) is 11.6 Å². The zero-order valence-corrected chi connectivity index (χ0v) is 12.6. The molecule has 1 amide bonds. The number of benzene rings is 1. The Morgan fingerprint density at radius 1 is 1.19 bits per heavy atom. The highest BCUT2D eigenvalue weighted by molar-refractivity contribution is 6.30. The van der Waals surface area contributed by atoms with E-state index in [-0.39, 0.29) is 11.9 Å². The maximum Gasteiger partial charge on any atom is 0.239 e. The van der Waals surface area contributed by atoms with E-state index in [1.807, 2.05) is 29.2 Å². The first-order valence-electron chi connectivity index (χ1n) is 7.34. The van der Waals surface area contributed by atoms with Gasteiger partial charge in [0.1, 0.15) is 0 Å². The highest BCUT2D eigenvalue weighted by Crippen LogP contribution is 2.20. The monoisotopic (exact) mass is 309 g/mol. The number of carbonyl (C=O) groups excluding carboxylic acids is 1. The van der Waals surface area contributed by atoms with Crippen LogP contribution in [0.2, 0.25) is 5.02 Å². The number of β-amino-alcohol motifs (C(OH)–C–C–N with tert-alkyl or cyclic N) is 1. The van der Waals surface area contributed by atoms with Crippen molar-refractivity contribution < 1.29 is 9.90 Å². The number of carbonyl (C=O) groups is 1. The van der Waals surface area contributed by atoms with E-state index in [0.29, 0.717) is 13.0 Å². The number of aliphatic hydroxyl groups is 1. The van der Waals surface area contributed by atoms with Crippen molar-refractivity contribution in [1.29, 1.82) is 0 Å². The van der Waals surface area contributed by atoms with Crippen molar-refractivity contribution in [2.75, 3.05) is 37.6 Å². The Kier molecular flexibility index (Phi) is 4.33. The highest BCUT2D eigenvalue weighted by Gasteiger charge is 2.32. The van der Waals surface area contributed by atoms with Crippen LogP contribution in [0, 0.1) is 0 Å². The summed E-state index contributed by atoms with van der Waals surface area (Å²) in [5.74, 6) is 0.113. The van der Waals surface area contributed by atoms with E-state index in [2.05, 4.69) is 10.2 Å². The second-order valence-corrected chi connectivity index (χ2v) is 6.08. The van der Waals surface area contributed by atoms with Crippen LogP contribution in [0.3, 0.4) is 0 Å². The Morgan fingerprint density at radius 2 is 1.86 bits per heavy atom. The number of nitrogens with zero attached hydrogens (tertiary/aromatic N) is 2. The molecule has 2 saturated heterocycles. The molecule has 0 spiro atoms.